The van der Waals surface area contributed by atoms with Gasteiger partial charge in [0.2, 0.25) is 0 Å². The van der Waals surface area contributed by atoms with Gasteiger partial charge in [-0.3, -0.25) is 4.79 Å². The van der Waals surface area contributed by atoms with Gasteiger partial charge in [0.05, 0.1) is 6.61 Å². The van der Waals surface area contributed by atoms with Crippen LogP contribution in [0.4, 0.5) is 0 Å². The van der Waals surface area contributed by atoms with Crippen molar-refractivity contribution in [2.75, 3.05) is 6.61 Å². The lowest BCUT2D eigenvalue weighted by Crippen LogP contribution is -2.12. The molecule has 0 saturated carbocycles. The van der Waals surface area contributed by atoms with E-state index in [0.29, 0.717) is 5.69 Å². The van der Waals surface area contributed by atoms with Crippen molar-refractivity contribution < 1.29 is 14.3 Å². The van der Waals surface area contributed by atoms with Crippen molar-refractivity contribution in [1.82, 2.24) is 9.78 Å². The predicted molar refractivity (Wildman–Crippen MR) is 58.4 cm³/mol. The number of rotatable bonds is 3. The van der Waals surface area contributed by atoms with Crippen molar-refractivity contribution in [3.05, 3.63) is 29.6 Å². The predicted octanol–water partition coefficient (Wildman–Crippen LogP) is 1.58. The van der Waals surface area contributed by atoms with E-state index in [0.717, 1.165) is 0 Å². The smallest absolute Gasteiger partial charge is 0.358 e. The van der Waals surface area contributed by atoms with Crippen molar-refractivity contribution in [2.24, 2.45) is 0 Å². The molecule has 1 aromatic rings. The minimum Gasteiger partial charge on any atom is -0.461 e. The molecule has 0 atom stereocenters. The molecule has 0 radical (unpaired) electrons. The SMILES string of the molecule is CC=CC(=O)n1nc(C(=O)OCC)cc1C. The molecular formula is C11H14N2O3. The summed E-state index contributed by atoms with van der Waals surface area (Å²) >= 11 is 0. The van der Waals surface area contributed by atoms with Gasteiger partial charge in [-0.25, -0.2) is 9.48 Å². The number of carbonyl (C=O) groups is 2. The van der Waals surface area contributed by atoms with Crippen LogP contribution in [-0.4, -0.2) is 28.3 Å². The van der Waals surface area contributed by atoms with Crippen LogP contribution in [0.2, 0.25) is 0 Å². The highest BCUT2D eigenvalue weighted by atomic mass is 16.5. The highest BCUT2D eigenvalue weighted by Gasteiger charge is 2.15. The van der Waals surface area contributed by atoms with Crippen LogP contribution in [0.1, 0.15) is 34.8 Å². The Morgan fingerprint density at radius 3 is 2.81 bits per heavy atom. The van der Waals surface area contributed by atoms with Gasteiger partial charge in [0, 0.05) is 11.8 Å². The largest absolute Gasteiger partial charge is 0.461 e. The molecule has 0 spiro atoms. The molecule has 0 aliphatic carbocycles. The van der Waals surface area contributed by atoms with Crippen molar-refractivity contribution in [2.45, 2.75) is 20.8 Å². The van der Waals surface area contributed by atoms with Gasteiger partial charge in [-0.05, 0) is 26.8 Å². The molecule has 1 aromatic heterocycles. The first-order valence-corrected chi connectivity index (χ1v) is 5.01. The molecule has 0 saturated heterocycles. The van der Waals surface area contributed by atoms with E-state index < -0.39 is 5.97 Å². The molecule has 0 aliphatic rings. The summed E-state index contributed by atoms with van der Waals surface area (Å²) in [6, 6.07) is 1.53. The molecule has 5 heteroatoms. The molecule has 0 bridgehead atoms. The van der Waals surface area contributed by atoms with E-state index in [1.54, 1.807) is 26.8 Å². The maximum atomic E-state index is 11.5. The average Bonchev–Trinajstić information content (AvgIpc) is 2.61. The van der Waals surface area contributed by atoms with Gasteiger partial charge in [0.1, 0.15) is 0 Å². The van der Waals surface area contributed by atoms with E-state index in [1.165, 1.54) is 16.8 Å². The Labute approximate surface area is 93.7 Å². The lowest BCUT2D eigenvalue weighted by molar-refractivity contribution is 0.0519. The maximum absolute atomic E-state index is 11.5. The van der Waals surface area contributed by atoms with Gasteiger partial charge in [-0.2, -0.15) is 5.10 Å². The van der Waals surface area contributed by atoms with Crippen LogP contribution >= 0.6 is 0 Å². The number of esters is 1. The normalized spacial score (nSPS) is 10.7. The standard InChI is InChI=1S/C11H14N2O3/c1-4-6-10(14)13-8(3)7-9(12-13)11(15)16-5-2/h4,6-7H,5H2,1-3H3. The zero-order valence-electron chi connectivity index (χ0n) is 9.56. The van der Waals surface area contributed by atoms with Gasteiger partial charge >= 0.3 is 5.97 Å². The third kappa shape index (κ3) is 2.56. The third-order valence-electron chi connectivity index (χ3n) is 1.89. The van der Waals surface area contributed by atoms with Crippen molar-refractivity contribution in [3.8, 4) is 0 Å². The Kier molecular flexibility index (Phi) is 3.99. The quantitative estimate of drug-likeness (QED) is 0.575. The topological polar surface area (TPSA) is 61.2 Å². The van der Waals surface area contributed by atoms with Crippen LogP contribution in [0.3, 0.4) is 0 Å². The summed E-state index contributed by atoms with van der Waals surface area (Å²) in [7, 11) is 0. The number of aromatic nitrogens is 2. The molecule has 5 nitrogen and oxygen atoms in total. The zero-order chi connectivity index (χ0) is 12.1. The Morgan fingerprint density at radius 2 is 2.25 bits per heavy atom. The molecule has 0 N–H and O–H groups in total. The second-order valence-corrected chi connectivity index (χ2v) is 3.14. The summed E-state index contributed by atoms with van der Waals surface area (Å²) in [4.78, 5) is 22.9. The van der Waals surface area contributed by atoms with Crippen molar-refractivity contribution in [1.29, 1.82) is 0 Å². The van der Waals surface area contributed by atoms with Gasteiger partial charge in [0.25, 0.3) is 5.91 Å². The van der Waals surface area contributed by atoms with Crippen LogP contribution in [0.5, 0.6) is 0 Å². The fourth-order valence-corrected chi connectivity index (χ4v) is 1.22. The van der Waals surface area contributed by atoms with Crippen LogP contribution in [-0.2, 0) is 4.74 Å². The number of ether oxygens (including phenoxy) is 1. The molecule has 0 unspecified atom stereocenters. The second-order valence-electron chi connectivity index (χ2n) is 3.14. The van der Waals surface area contributed by atoms with E-state index in [-0.39, 0.29) is 18.2 Å². The number of hydrogen-bond acceptors (Lipinski definition) is 4. The van der Waals surface area contributed by atoms with E-state index in [4.69, 9.17) is 4.74 Å². The number of aryl methyl sites for hydroxylation is 1. The molecule has 1 heterocycles. The van der Waals surface area contributed by atoms with Crippen LogP contribution < -0.4 is 0 Å². The Bertz CT molecular complexity index is 432. The molecule has 0 fully saturated rings. The zero-order valence-corrected chi connectivity index (χ0v) is 9.56. The van der Waals surface area contributed by atoms with Gasteiger partial charge in [-0.1, -0.05) is 6.08 Å². The summed E-state index contributed by atoms with van der Waals surface area (Å²) < 4.78 is 5.96. The number of allylic oxidation sites excluding steroid dienone is 2. The summed E-state index contributed by atoms with van der Waals surface area (Å²) in [6.45, 7) is 5.44. The molecule has 0 aromatic carbocycles. The number of hydrogen-bond donors (Lipinski definition) is 0. The molecule has 1 rings (SSSR count). The molecule has 0 amide bonds. The first kappa shape index (κ1) is 12.2. The third-order valence-corrected chi connectivity index (χ3v) is 1.89. The fourth-order valence-electron chi connectivity index (χ4n) is 1.22. The minimum absolute atomic E-state index is 0.150. The average molecular weight is 222 g/mol. The Morgan fingerprint density at radius 1 is 1.56 bits per heavy atom. The van der Waals surface area contributed by atoms with E-state index >= 15 is 0 Å². The van der Waals surface area contributed by atoms with Crippen LogP contribution in [0.15, 0.2) is 18.2 Å². The summed E-state index contributed by atoms with van der Waals surface area (Å²) in [5.74, 6) is -0.798. The van der Waals surface area contributed by atoms with Crippen LogP contribution in [0.25, 0.3) is 0 Å². The second kappa shape index (κ2) is 5.25. The summed E-state index contributed by atoms with van der Waals surface area (Å²) in [5.41, 5.74) is 0.753. The molecular weight excluding hydrogens is 208 g/mol. The van der Waals surface area contributed by atoms with Crippen molar-refractivity contribution in [3.63, 3.8) is 0 Å². The highest BCUT2D eigenvalue weighted by molar-refractivity contribution is 5.92. The first-order valence-electron chi connectivity index (χ1n) is 5.01. The van der Waals surface area contributed by atoms with Gasteiger partial charge in [0.15, 0.2) is 5.69 Å². The molecule has 16 heavy (non-hydrogen) atoms. The van der Waals surface area contributed by atoms with Gasteiger partial charge in [-0.15, -0.1) is 0 Å². The maximum Gasteiger partial charge on any atom is 0.358 e. The number of nitrogens with zero attached hydrogens (tertiary/aromatic N) is 2. The molecule has 86 valence electrons. The summed E-state index contributed by atoms with van der Waals surface area (Å²) in [6.07, 6.45) is 3.00. The first-order chi connectivity index (χ1) is 7.60. The minimum atomic E-state index is -0.516. The van der Waals surface area contributed by atoms with E-state index in [2.05, 4.69) is 5.10 Å². The number of carbonyl (C=O) groups excluding carboxylic acids is 2. The summed E-state index contributed by atoms with van der Waals surface area (Å²) in [5, 5.41) is 3.89. The fraction of sp³-hybridized carbons (Fsp3) is 0.364. The highest BCUT2D eigenvalue weighted by Crippen LogP contribution is 2.05. The Balaban J connectivity index is 2.98. The molecule has 0 aliphatic heterocycles. The van der Waals surface area contributed by atoms with E-state index in [1.807, 2.05) is 0 Å². The van der Waals surface area contributed by atoms with Crippen LogP contribution in [0, 0.1) is 6.92 Å². The lowest BCUT2D eigenvalue weighted by Gasteiger charge is -1.97. The van der Waals surface area contributed by atoms with E-state index in [9.17, 15) is 9.59 Å². The lowest BCUT2D eigenvalue weighted by atomic mass is 10.4. The Hall–Kier alpha value is -1.91. The monoisotopic (exact) mass is 222 g/mol. The van der Waals surface area contributed by atoms with Crippen molar-refractivity contribution >= 4 is 11.9 Å². The van der Waals surface area contributed by atoms with Gasteiger partial charge < -0.3 is 4.74 Å².